The highest BCUT2D eigenvalue weighted by Gasteiger charge is 2.30. The molecular weight excluding hydrogens is 283 g/mol. The normalized spacial score (nSPS) is 11.8. The highest BCUT2D eigenvalue weighted by Crippen LogP contribution is 2.32. The van der Waals surface area contributed by atoms with Crippen molar-refractivity contribution >= 4 is 11.3 Å². The van der Waals surface area contributed by atoms with Crippen LogP contribution in [0.1, 0.15) is 24.5 Å². The minimum Gasteiger partial charge on any atom is -0.313 e. The molecule has 1 heterocycles. The number of hydrogen-bond acceptors (Lipinski definition) is 2. The molecule has 0 saturated heterocycles. The van der Waals surface area contributed by atoms with Crippen molar-refractivity contribution in [3.05, 3.63) is 46.2 Å². The van der Waals surface area contributed by atoms with Crippen molar-refractivity contribution in [1.82, 2.24) is 5.32 Å². The Balaban J connectivity index is 2.18. The van der Waals surface area contributed by atoms with Crippen LogP contribution in [-0.4, -0.2) is 6.54 Å². The third-order valence-electron chi connectivity index (χ3n) is 3.01. The smallest absolute Gasteiger partial charge is 0.313 e. The fraction of sp³-hybridized carbons (Fsp3) is 0.333. The van der Waals surface area contributed by atoms with E-state index < -0.39 is 11.7 Å². The van der Waals surface area contributed by atoms with E-state index in [2.05, 4.69) is 12.2 Å². The van der Waals surface area contributed by atoms with E-state index in [1.54, 1.807) is 11.3 Å². The van der Waals surface area contributed by atoms with E-state index in [1.807, 2.05) is 10.8 Å². The molecule has 108 valence electrons. The molecule has 0 bridgehead atoms. The van der Waals surface area contributed by atoms with E-state index in [0.717, 1.165) is 48.3 Å². The molecule has 0 aliphatic carbocycles. The van der Waals surface area contributed by atoms with E-state index in [9.17, 15) is 13.2 Å². The van der Waals surface area contributed by atoms with E-state index in [4.69, 9.17) is 0 Å². The molecule has 0 aliphatic rings. The van der Waals surface area contributed by atoms with Gasteiger partial charge in [0.25, 0.3) is 0 Å². The minimum absolute atomic E-state index is 0.609. The monoisotopic (exact) mass is 299 g/mol. The van der Waals surface area contributed by atoms with Gasteiger partial charge in [0.05, 0.1) is 5.56 Å². The zero-order chi connectivity index (χ0) is 14.6. The van der Waals surface area contributed by atoms with Gasteiger partial charge in [-0.15, -0.1) is 0 Å². The SMILES string of the molecule is CCCNCc1cscc1-c1ccc(C(F)(F)F)cc1. The van der Waals surface area contributed by atoms with Crippen LogP contribution in [0.4, 0.5) is 13.2 Å². The summed E-state index contributed by atoms with van der Waals surface area (Å²) in [4.78, 5) is 0. The molecule has 5 heteroatoms. The number of nitrogens with one attached hydrogen (secondary N) is 1. The van der Waals surface area contributed by atoms with Crippen LogP contribution in [0.5, 0.6) is 0 Å². The number of thiophene rings is 1. The van der Waals surface area contributed by atoms with Crippen LogP contribution in [0, 0.1) is 0 Å². The van der Waals surface area contributed by atoms with Crippen molar-refractivity contribution in [3.63, 3.8) is 0 Å². The molecule has 0 atom stereocenters. The van der Waals surface area contributed by atoms with Crippen LogP contribution in [-0.2, 0) is 12.7 Å². The standard InChI is InChI=1S/C15H16F3NS/c1-2-7-19-8-12-9-20-10-14(12)11-3-5-13(6-4-11)15(16,17)18/h3-6,9-10,19H,2,7-8H2,1H3. The summed E-state index contributed by atoms with van der Waals surface area (Å²) in [6, 6.07) is 5.34. The zero-order valence-electron chi connectivity index (χ0n) is 11.1. The maximum absolute atomic E-state index is 12.5. The van der Waals surface area contributed by atoms with Gasteiger partial charge in [0.1, 0.15) is 0 Å². The minimum atomic E-state index is -4.28. The van der Waals surface area contributed by atoms with Crippen molar-refractivity contribution in [1.29, 1.82) is 0 Å². The Morgan fingerprint density at radius 1 is 1.10 bits per heavy atom. The van der Waals surface area contributed by atoms with Crippen molar-refractivity contribution < 1.29 is 13.2 Å². The van der Waals surface area contributed by atoms with E-state index >= 15 is 0 Å². The van der Waals surface area contributed by atoms with Crippen molar-refractivity contribution in [2.45, 2.75) is 26.1 Å². The Morgan fingerprint density at radius 2 is 1.80 bits per heavy atom. The molecular formula is C15H16F3NS. The van der Waals surface area contributed by atoms with Gasteiger partial charge in [-0.2, -0.15) is 24.5 Å². The molecule has 1 aromatic heterocycles. The molecule has 1 nitrogen and oxygen atoms in total. The first-order valence-electron chi connectivity index (χ1n) is 6.45. The molecule has 0 spiro atoms. The molecule has 1 aromatic carbocycles. The Hall–Kier alpha value is -1.33. The van der Waals surface area contributed by atoms with Gasteiger partial charge in [-0.1, -0.05) is 19.1 Å². The highest BCUT2D eigenvalue weighted by molar-refractivity contribution is 7.08. The van der Waals surface area contributed by atoms with Gasteiger partial charge in [0, 0.05) is 6.54 Å². The predicted octanol–water partition coefficient (Wildman–Crippen LogP) is 4.93. The molecule has 0 radical (unpaired) electrons. The largest absolute Gasteiger partial charge is 0.416 e. The molecule has 2 aromatic rings. The molecule has 20 heavy (non-hydrogen) atoms. The van der Waals surface area contributed by atoms with Crippen LogP contribution in [0.2, 0.25) is 0 Å². The quantitative estimate of drug-likeness (QED) is 0.772. The Bertz CT molecular complexity index is 543. The van der Waals surface area contributed by atoms with Gasteiger partial charge in [-0.25, -0.2) is 0 Å². The molecule has 0 amide bonds. The third-order valence-corrected chi connectivity index (χ3v) is 3.80. The summed E-state index contributed by atoms with van der Waals surface area (Å²) in [7, 11) is 0. The van der Waals surface area contributed by atoms with Crippen LogP contribution >= 0.6 is 11.3 Å². The second-order valence-corrected chi connectivity index (χ2v) is 5.31. The molecule has 2 rings (SSSR count). The average molecular weight is 299 g/mol. The fourth-order valence-electron chi connectivity index (χ4n) is 1.95. The summed E-state index contributed by atoms with van der Waals surface area (Å²) in [6.07, 6.45) is -3.22. The van der Waals surface area contributed by atoms with Gasteiger partial charge in [0.15, 0.2) is 0 Å². The first kappa shape index (κ1) is 15.1. The van der Waals surface area contributed by atoms with Crippen molar-refractivity contribution in [2.24, 2.45) is 0 Å². The van der Waals surface area contributed by atoms with Gasteiger partial charge >= 0.3 is 6.18 Å². The lowest BCUT2D eigenvalue weighted by molar-refractivity contribution is -0.137. The summed E-state index contributed by atoms with van der Waals surface area (Å²) in [5.74, 6) is 0. The van der Waals surface area contributed by atoms with Crippen molar-refractivity contribution in [3.8, 4) is 11.1 Å². The van der Waals surface area contributed by atoms with E-state index in [0.29, 0.717) is 0 Å². The van der Waals surface area contributed by atoms with Gasteiger partial charge in [0.2, 0.25) is 0 Å². The molecule has 0 saturated carbocycles. The Kier molecular flexibility index (Phi) is 4.83. The third kappa shape index (κ3) is 3.61. The van der Waals surface area contributed by atoms with E-state index in [-0.39, 0.29) is 0 Å². The first-order valence-corrected chi connectivity index (χ1v) is 7.40. The zero-order valence-corrected chi connectivity index (χ0v) is 11.9. The lowest BCUT2D eigenvalue weighted by Crippen LogP contribution is -2.13. The lowest BCUT2D eigenvalue weighted by Gasteiger charge is -2.09. The average Bonchev–Trinajstić information content (AvgIpc) is 2.87. The maximum Gasteiger partial charge on any atom is 0.416 e. The lowest BCUT2D eigenvalue weighted by atomic mass is 10.0. The summed E-state index contributed by atoms with van der Waals surface area (Å²) >= 11 is 1.57. The summed E-state index contributed by atoms with van der Waals surface area (Å²) in [5, 5.41) is 7.33. The van der Waals surface area contributed by atoms with Crippen LogP contribution < -0.4 is 5.32 Å². The summed E-state index contributed by atoms with van der Waals surface area (Å²) < 4.78 is 37.6. The summed E-state index contributed by atoms with van der Waals surface area (Å²) in [5.41, 5.74) is 2.35. The highest BCUT2D eigenvalue weighted by atomic mass is 32.1. The molecule has 0 aliphatic heterocycles. The van der Waals surface area contributed by atoms with Crippen molar-refractivity contribution in [2.75, 3.05) is 6.54 Å². The number of halogens is 3. The maximum atomic E-state index is 12.5. The number of alkyl halides is 3. The van der Waals surface area contributed by atoms with E-state index in [1.165, 1.54) is 12.1 Å². The topological polar surface area (TPSA) is 12.0 Å². The Morgan fingerprint density at radius 3 is 2.40 bits per heavy atom. The van der Waals surface area contributed by atoms with Gasteiger partial charge < -0.3 is 5.32 Å². The number of benzene rings is 1. The van der Waals surface area contributed by atoms with Crippen LogP contribution in [0.15, 0.2) is 35.0 Å². The second-order valence-electron chi connectivity index (χ2n) is 4.56. The second kappa shape index (κ2) is 6.41. The molecule has 1 N–H and O–H groups in total. The fourth-order valence-corrected chi connectivity index (χ4v) is 2.82. The summed E-state index contributed by atoms with van der Waals surface area (Å²) in [6.45, 7) is 3.77. The van der Waals surface area contributed by atoms with Gasteiger partial charge in [-0.3, -0.25) is 0 Å². The molecule has 0 fully saturated rings. The number of hydrogen-bond donors (Lipinski definition) is 1. The van der Waals surface area contributed by atoms with Gasteiger partial charge in [-0.05, 0) is 52.5 Å². The first-order chi connectivity index (χ1) is 9.52. The molecule has 0 unspecified atom stereocenters. The predicted molar refractivity (Wildman–Crippen MR) is 76.8 cm³/mol. The van der Waals surface area contributed by atoms with Crippen LogP contribution in [0.25, 0.3) is 11.1 Å². The number of rotatable bonds is 5. The van der Waals surface area contributed by atoms with Crippen LogP contribution in [0.3, 0.4) is 0 Å². The Labute approximate surface area is 120 Å².